The summed E-state index contributed by atoms with van der Waals surface area (Å²) in [6.07, 6.45) is 1.10. The van der Waals surface area contributed by atoms with Crippen LogP contribution in [0.5, 0.6) is 0 Å². The summed E-state index contributed by atoms with van der Waals surface area (Å²) in [7, 11) is 0. The molecule has 0 heterocycles. The molecule has 0 saturated carbocycles. The Hall–Kier alpha value is -1.18. The lowest BCUT2D eigenvalue weighted by Crippen LogP contribution is -2.18. The average molecular weight is 206 g/mol. The quantitative estimate of drug-likeness (QED) is 0.729. The van der Waals surface area contributed by atoms with Gasteiger partial charge in [0.15, 0.2) is 0 Å². The maximum Gasteiger partial charge on any atom is 0.0337 e. The zero-order valence-electron chi connectivity index (χ0n) is 10.2. The van der Waals surface area contributed by atoms with Gasteiger partial charge in [0.05, 0.1) is 0 Å². The van der Waals surface area contributed by atoms with Gasteiger partial charge in [-0.3, -0.25) is 0 Å². The first-order chi connectivity index (χ1) is 6.84. The molecule has 0 aromatic heterocycles. The van der Waals surface area contributed by atoms with Crippen LogP contribution >= 0.6 is 0 Å². The van der Waals surface area contributed by atoms with Gasteiger partial charge in [0.2, 0.25) is 0 Å². The van der Waals surface area contributed by atoms with Gasteiger partial charge in [0, 0.05) is 11.4 Å². The van der Waals surface area contributed by atoms with Gasteiger partial charge in [0.1, 0.15) is 0 Å². The summed E-state index contributed by atoms with van der Waals surface area (Å²) in [5.41, 5.74) is 14.6. The van der Waals surface area contributed by atoms with E-state index < -0.39 is 0 Å². The second-order valence-electron chi connectivity index (χ2n) is 5.26. The summed E-state index contributed by atoms with van der Waals surface area (Å²) in [5, 5.41) is 0. The molecule has 0 bridgehead atoms. The minimum atomic E-state index is 0.245. The Morgan fingerprint density at radius 1 is 1.07 bits per heavy atom. The molecule has 15 heavy (non-hydrogen) atoms. The maximum atomic E-state index is 5.82. The molecule has 0 spiro atoms. The zero-order valence-corrected chi connectivity index (χ0v) is 10.2. The van der Waals surface area contributed by atoms with E-state index >= 15 is 0 Å². The molecule has 1 aromatic carbocycles. The molecule has 2 heteroatoms. The highest BCUT2D eigenvalue weighted by atomic mass is 14.6. The Labute approximate surface area is 92.7 Å². The van der Waals surface area contributed by atoms with Crippen molar-refractivity contribution in [1.29, 1.82) is 0 Å². The van der Waals surface area contributed by atoms with E-state index in [-0.39, 0.29) is 5.41 Å². The lowest BCUT2D eigenvalue weighted by atomic mass is 9.75. The molecule has 0 radical (unpaired) electrons. The Balaban J connectivity index is 3.13. The van der Waals surface area contributed by atoms with E-state index in [0.717, 1.165) is 17.8 Å². The molecule has 1 atom stereocenters. The maximum absolute atomic E-state index is 5.82. The summed E-state index contributed by atoms with van der Waals surface area (Å²) >= 11 is 0. The van der Waals surface area contributed by atoms with Crippen molar-refractivity contribution >= 4 is 11.4 Å². The van der Waals surface area contributed by atoms with Gasteiger partial charge >= 0.3 is 0 Å². The molecule has 1 unspecified atom stereocenters. The van der Waals surface area contributed by atoms with E-state index in [9.17, 15) is 0 Å². The van der Waals surface area contributed by atoms with Crippen molar-refractivity contribution < 1.29 is 0 Å². The molecule has 2 nitrogen and oxygen atoms in total. The smallest absolute Gasteiger partial charge is 0.0337 e. The molecule has 0 aliphatic carbocycles. The molecule has 1 rings (SSSR count). The molecule has 0 aliphatic rings. The molecule has 0 aliphatic heterocycles. The number of rotatable bonds is 2. The fraction of sp³-hybridized carbons (Fsp3) is 0.538. The number of nitrogen functional groups attached to an aromatic ring is 2. The number of nitrogens with two attached hydrogens (primary N) is 2. The number of hydrogen-bond acceptors (Lipinski definition) is 2. The number of benzene rings is 1. The van der Waals surface area contributed by atoms with Crippen LogP contribution < -0.4 is 11.5 Å². The molecule has 1 aromatic rings. The number of anilines is 2. The van der Waals surface area contributed by atoms with Crippen LogP contribution in [0.1, 0.15) is 45.6 Å². The molecule has 4 N–H and O–H groups in total. The van der Waals surface area contributed by atoms with Crippen LogP contribution in [-0.2, 0) is 0 Å². The van der Waals surface area contributed by atoms with E-state index in [0.29, 0.717) is 5.92 Å². The van der Waals surface area contributed by atoms with Gasteiger partial charge in [-0.25, -0.2) is 0 Å². The van der Waals surface area contributed by atoms with Crippen molar-refractivity contribution in [1.82, 2.24) is 0 Å². The topological polar surface area (TPSA) is 52.0 Å². The second-order valence-corrected chi connectivity index (χ2v) is 5.26. The predicted molar refractivity (Wildman–Crippen MR) is 67.8 cm³/mol. The van der Waals surface area contributed by atoms with Gasteiger partial charge in [0.25, 0.3) is 0 Å². The average Bonchev–Trinajstić information content (AvgIpc) is 1.99. The lowest BCUT2D eigenvalue weighted by Gasteiger charge is -2.30. The molecule has 0 amide bonds. The van der Waals surface area contributed by atoms with Gasteiger partial charge < -0.3 is 11.5 Å². The zero-order chi connectivity index (χ0) is 11.6. The van der Waals surface area contributed by atoms with E-state index in [1.165, 1.54) is 5.56 Å². The van der Waals surface area contributed by atoms with Gasteiger partial charge in [-0.05, 0) is 41.5 Å². The van der Waals surface area contributed by atoms with Crippen LogP contribution in [0.15, 0.2) is 18.2 Å². The molecular weight excluding hydrogens is 184 g/mol. The van der Waals surface area contributed by atoms with Gasteiger partial charge in [-0.2, -0.15) is 0 Å². The minimum absolute atomic E-state index is 0.245. The summed E-state index contributed by atoms with van der Waals surface area (Å²) in [5.74, 6) is 0.503. The number of hydrogen-bond donors (Lipinski definition) is 2. The first-order valence-corrected chi connectivity index (χ1v) is 5.50. The Kier molecular flexibility index (Phi) is 3.28. The van der Waals surface area contributed by atoms with Gasteiger partial charge in [-0.15, -0.1) is 0 Å². The fourth-order valence-corrected chi connectivity index (χ4v) is 2.25. The van der Waals surface area contributed by atoms with E-state index in [1.54, 1.807) is 6.07 Å². The largest absolute Gasteiger partial charge is 0.399 e. The monoisotopic (exact) mass is 206 g/mol. The summed E-state index contributed by atoms with van der Waals surface area (Å²) in [6, 6.07) is 5.88. The molecule has 0 fully saturated rings. The van der Waals surface area contributed by atoms with Crippen molar-refractivity contribution in [3.8, 4) is 0 Å². The third kappa shape index (κ3) is 2.88. The van der Waals surface area contributed by atoms with Crippen LogP contribution in [0.3, 0.4) is 0 Å². The predicted octanol–water partition coefficient (Wildman–Crippen LogP) is 3.39. The van der Waals surface area contributed by atoms with Crippen LogP contribution in [0.25, 0.3) is 0 Å². The third-order valence-corrected chi connectivity index (χ3v) is 2.86. The lowest BCUT2D eigenvalue weighted by molar-refractivity contribution is 0.313. The Bertz CT molecular complexity index is 317. The highest BCUT2D eigenvalue weighted by molar-refractivity contribution is 5.55. The molecule has 84 valence electrons. The normalized spacial score (nSPS) is 13.9. The van der Waals surface area contributed by atoms with E-state index in [2.05, 4.69) is 27.7 Å². The summed E-state index contributed by atoms with van der Waals surface area (Å²) in [4.78, 5) is 0. The Morgan fingerprint density at radius 2 is 1.53 bits per heavy atom. The van der Waals surface area contributed by atoms with E-state index in [1.807, 2.05) is 12.1 Å². The summed E-state index contributed by atoms with van der Waals surface area (Å²) < 4.78 is 0. The van der Waals surface area contributed by atoms with Crippen molar-refractivity contribution in [2.45, 2.75) is 40.0 Å². The highest BCUT2D eigenvalue weighted by Crippen LogP contribution is 2.38. The van der Waals surface area contributed by atoms with Crippen molar-refractivity contribution in [3.63, 3.8) is 0 Å². The molecular formula is C13H22N2. The van der Waals surface area contributed by atoms with Crippen LogP contribution in [0, 0.1) is 5.41 Å². The highest BCUT2D eigenvalue weighted by Gasteiger charge is 2.24. The van der Waals surface area contributed by atoms with Crippen LogP contribution in [0.4, 0.5) is 11.4 Å². The second kappa shape index (κ2) is 4.13. The fourth-order valence-electron chi connectivity index (χ4n) is 2.25. The molecule has 0 saturated heterocycles. The van der Waals surface area contributed by atoms with E-state index in [4.69, 9.17) is 11.5 Å². The van der Waals surface area contributed by atoms with Crippen molar-refractivity contribution in [2.75, 3.05) is 11.5 Å². The van der Waals surface area contributed by atoms with Crippen LogP contribution in [0.2, 0.25) is 0 Å². The van der Waals surface area contributed by atoms with Crippen molar-refractivity contribution in [2.24, 2.45) is 5.41 Å². The Morgan fingerprint density at radius 3 is 1.87 bits per heavy atom. The summed E-state index contributed by atoms with van der Waals surface area (Å²) in [6.45, 7) is 8.96. The van der Waals surface area contributed by atoms with Crippen LogP contribution in [-0.4, -0.2) is 0 Å². The minimum Gasteiger partial charge on any atom is -0.399 e. The SMILES string of the molecule is CCC(c1cc(N)cc(N)c1)C(C)(C)C. The standard InChI is InChI=1S/C13H22N2/c1-5-12(13(2,3)4)9-6-10(14)8-11(15)7-9/h6-8,12H,5,14-15H2,1-4H3. The first-order valence-electron chi connectivity index (χ1n) is 5.50. The first kappa shape index (κ1) is 11.9. The van der Waals surface area contributed by atoms with Gasteiger partial charge in [-0.1, -0.05) is 27.7 Å². The third-order valence-electron chi connectivity index (χ3n) is 2.86. The van der Waals surface area contributed by atoms with Crippen molar-refractivity contribution in [3.05, 3.63) is 23.8 Å².